The molecule has 0 N–H and O–H groups in total. The van der Waals surface area contributed by atoms with Gasteiger partial charge in [-0.15, -0.1) is 0 Å². The maximum Gasteiger partial charge on any atom is 0.306 e. The Morgan fingerprint density at radius 2 is 1.67 bits per heavy atom. The fourth-order valence-electron chi connectivity index (χ4n) is 2.78. The molecule has 2 unspecified atom stereocenters. The maximum atomic E-state index is 11.8. The van der Waals surface area contributed by atoms with Crippen molar-refractivity contribution in [2.45, 2.75) is 105 Å². The van der Waals surface area contributed by atoms with Gasteiger partial charge in [-0.3, -0.25) is 4.79 Å². The van der Waals surface area contributed by atoms with Crippen LogP contribution in [0.15, 0.2) is 0 Å². The zero-order valence-electron chi connectivity index (χ0n) is 15.1. The van der Waals surface area contributed by atoms with Crippen molar-refractivity contribution in [2.24, 2.45) is 11.8 Å². The molecule has 0 fully saturated rings. The van der Waals surface area contributed by atoms with Gasteiger partial charge < -0.3 is 4.74 Å². The van der Waals surface area contributed by atoms with Gasteiger partial charge in [0, 0.05) is 6.42 Å². The molecule has 0 bridgehead atoms. The zero-order valence-corrected chi connectivity index (χ0v) is 15.1. The summed E-state index contributed by atoms with van der Waals surface area (Å²) in [5.41, 5.74) is 0. The minimum atomic E-state index is -0.00242. The van der Waals surface area contributed by atoms with Gasteiger partial charge in [0.25, 0.3) is 0 Å². The first-order chi connectivity index (χ1) is 9.99. The SMILES string of the molecule is CCCCC(CC)CC(C)OC(=O)CCCCCC(C)C. The van der Waals surface area contributed by atoms with Gasteiger partial charge in [0.2, 0.25) is 0 Å². The predicted molar refractivity (Wildman–Crippen MR) is 91.4 cm³/mol. The quantitative estimate of drug-likeness (QED) is 0.302. The van der Waals surface area contributed by atoms with E-state index in [0.29, 0.717) is 12.3 Å². The van der Waals surface area contributed by atoms with Crippen LogP contribution in [0.3, 0.4) is 0 Å². The molecule has 0 radical (unpaired) electrons. The average molecular weight is 299 g/mol. The predicted octanol–water partition coefficient (Wildman–Crippen LogP) is 6.13. The second-order valence-corrected chi connectivity index (χ2v) is 6.95. The number of hydrogen-bond acceptors (Lipinski definition) is 2. The molecule has 0 aromatic carbocycles. The Hall–Kier alpha value is -0.530. The van der Waals surface area contributed by atoms with Crippen molar-refractivity contribution in [1.29, 1.82) is 0 Å². The highest BCUT2D eigenvalue weighted by Gasteiger charge is 2.14. The van der Waals surface area contributed by atoms with Crippen molar-refractivity contribution in [2.75, 3.05) is 0 Å². The summed E-state index contributed by atoms with van der Waals surface area (Å²) in [6.45, 7) is 11.0. The van der Waals surface area contributed by atoms with Gasteiger partial charge in [0.05, 0.1) is 6.10 Å². The normalized spacial score (nSPS) is 14.2. The van der Waals surface area contributed by atoms with Crippen molar-refractivity contribution in [3.05, 3.63) is 0 Å². The van der Waals surface area contributed by atoms with Crippen LogP contribution in [0, 0.1) is 11.8 Å². The summed E-state index contributed by atoms with van der Waals surface area (Å²) in [4.78, 5) is 11.8. The second-order valence-electron chi connectivity index (χ2n) is 6.95. The minimum absolute atomic E-state index is 0.00242. The molecule has 2 nitrogen and oxygen atoms in total. The van der Waals surface area contributed by atoms with Gasteiger partial charge in [-0.2, -0.15) is 0 Å². The number of carbonyl (C=O) groups is 1. The van der Waals surface area contributed by atoms with Crippen molar-refractivity contribution < 1.29 is 9.53 Å². The average Bonchev–Trinajstić information content (AvgIpc) is 2.42. The van der Waals surface area contributed by atoms with E-state index in [1.54, 1.807) is 0 Å². The monoisotopic (exact) mass is 298 g/mol. The van der Waals surface area contributed by atoms with Crippen LogP contribution >= 0.6 is 0 Å². The lowest BCUT2D eigenvalue weighted by atomic mass is 9.93. The Morgan fingerprint density at radius 3 is 2.24 bits per heavy atom. The first-order valence-corrected chi connectivity index (χ1v) is 9.19. The van der Waals surface area contributed by atoms with E-state index < -0.39 is 0 Å². The van der Waals surface area contributed by atoms with Crippen molar-refractivity contribution >= 4 is 5.97 Å². The highest BCUT2D eigenvalue weighted by molar-refractivity contribution is 5.69. The molecular formula is C19H38O2. The van der Waals surface area contributed by atoms with Crippen molar-refractivity contribution in [3.63, 3.8) is 0 Å². The smallest absolute Gasteiger partial charge is 0.306 e. The van der Waals surface area contributed by atoms with E-state index in [1.165, 1.54) is 38.5 Å². The Morgan fingerprint density at radius 1 is 0.952 bits per heavy atom. The first kappa shape index (κ1) is 20.5. The molecule has 0 aliphatic carbocycles. The van der Waals surface area contributed by atoms with Crippen LogP contribution in [0.25, 0.3) is 0 Å². The summed E-state index contributed by atoms with van der Waals surface area (Å²) >= 11 is 0. The molecule has 0 saturated heterocycles. The number of hydrogen-bond donors (Lipinski definition) is 0. The van der Waals surface area contributed by atoms with Gasteiger partial charge in [0.1, 0.15) is 0 Å². The van der Waals surface area contributed by atoms with Crippen molar-refractivity contribution in [1.82, 2.24) is 0 Å². The lowest BCUT2D eigenvalue weighted by molar-refractivity contribution is -0.149. The van der Waals surface area contributed by atoms with Gasteiger partial charge in [-0.1, -0.05) is 72.6 Å². The lowest BCUT2D eigenvalue weighted by Gasteiger charge is -2.20. The number of unbranched alkanes of at least 4 members (excludes halogenated alkanes) is 3. The summed E-state index contributed by atoms with van der Waals surface area (Å²) in [5.74, 6) is 1.47. The van der Waals surface area contributed by atoms with Gasteiger partial charge in [-0.25, -0.2) is 0 Å². The number of esters is 1. The first-order valence-electron chi connectivity index (χ1n) is 9.19. The Labute approximate surface area is 133 Å². The van der Waals surface area contributed by atoms with E-state index in [1.807, 2.05) is 6.92 Å². The van der Waals surface area contributed by atoms with E-state index in [0.717, 1.165) is 25.2 Å². The molecule has 0 aliphatic heterocycles. The molecule has 2 heteroatoms. The Kier molecular flexibility index (Phi) is 12.8. The molecule has 0 aliphatic rings. The van der Waals surface area contributed by atoms with Gasteiger partial charge in [-0.05, 0) is 31.6 Å². The summed E-state index contributed by atoms with van der Waals surface area (Å²) in [6.07, 6.45) is 11.3. The fraction of sp³-hybridized carbons (Fsp3) is 0.947. The van der Waals surface area contributed by atoms with E-state index >= 15 is 0 Å². The molecular weight excluding hydrogens is 260 g/mol. The Bertz CT molecular complexity index is 248. The number of ether oxygens (including phenoxy) is 1. The largest absolute Gasteiger partial charge is 0.463 e. The molecule has 0 heterocycles. The van der Waals surface area contributed by atoms with Gasteiger partial charge in [0.15, 0.2) is 0 Å². The summed E-state index contributed by atoms with van der Waals surface area (Å²) < 4.78 is 5.55. The van der Waals surface area contributed by atoms with E-state index in [4.69, 9.17) is 4.74 Å². The lowest BCUT2D eigenvalue weighted by Crippen LogP contribution is -2.18. The standard InChI is InChI=1S/C19H38O2/c1-6-8-13-18(7-2)15-17(5)21-19(20)14-11-9-10-12-16(3)4/h16-18H,6-15H2,1-5H3. The topological polar surface area (TPSA) is 26.3 Å². The highest BCUT2D eigenvalue weighted by atomic mass is 16.5. The summed E-state index contributed by atoms with van der Waals surface area (Å²) in [7, 11) is 0. The van der Waals surface area contributed by atoms with E-state index in [-0.39, 0.29) is 12.1 Å². The number of rotatable bonds is 13. The van der Waals surface area contributed by atoms with Crippen LogP contribution in [0.5, 0.6) is 0 Å². The molecule has 0 spiro atoms. The zero-order chi connectivity index (χ0) is 16.1. The molecule has 0 rings (SSSR count). The van der Waals surface area contributed by atoms with Crippen LogP contribution in [-0.2, 0) is 9.53 Å². The molecule has 21 heavy (non-hydrogen) atoms. The van der Waals surface area contributed by atoms with E-state index in [9.17, 15) is 4.79 Å². The van der Waals surface area contributed by atoms with Crippen LogP contribution in [0.1, 0.15) is 98.8 Å². The van der Waals surface area contributed by atoms with Crippen molar-refractivity contribution in [3.8, 4) is 0 Å². The van der Waals surface area contributed by atoms with Crippen LogP contribution in [-0.4, -0.2) is 12.1 Å². The molecule has 0 saturated carbocycles. The summed E-state index contributed by atoms with van der Waals surface area (Å²) in [5, 5.41) is 0. The third kappa shape index (κ3) is 12.9. The molecule has 0 aromatic rings. The Balaban J connectivity index is 3.72. The fourth-order valence-corrected chi connectivity index (χ4v) is 2.78. The molecule has 0 amide bonds. The van der Waals surface area contributed by atoms with Crippen LogP contribution in [0.4, 0.5) is 0 Å². The third-order valence-corrected chi connectivity index (χ3v) is 4.20. The summed E-state index contributed by atoms with van der Waals surface area (Å²) in [6, 6.07) is 0. The van der Waals surface area contributed by atoms with Gasteiger partial charge >= 0.3 is 5.97 Å². The third-order valence-electron chi connectivity index (χ3n) is 4.20. The second kappa shape index (κ2) is 13.2. The minimum Gasteiger partial charge on any atom is -0.463 e. The molecule has 126 valence electrons. The molecule has 2 atom stereocenters. The number of carbonyl (C=O) groups excluding carboxylic acids is 1. The van der Waals surface area contributed by atoms with Crippen LogP contribution < -0.4 is 0 Å². The molecule has 0 aromatic heterocycles. The van der Waals surface area contributed by atoms with Crippen LogP contribution in [0.2, 0.25) is 0 Å². The highest BCUT2D eigenvalue weighted by Crippen LogP contribution is 2.20. The maximum absolute atomic E-state index is 11.8. The van der Waals surface area contributed by atoms with E-state index in [2.05, 4.69) is 27.7 Å².